The van der Waals surface area contributed by atoms with Crippen LogP contribution in [0.2, 0.25) is 0 Å². The molecule has 15 heteroatoms. The van der Waals surface area contributed by atoms with Gasteiger partial charge in [-0.2, -0.15) is 0 Å². The predicted molar refractivity (Wildman–Crippen MR) is 265 cm³/mol. The molecule has 4 aliphatic rings. The average molecular weight is 960 g/mol. The molecular formula is C55H65N3O12. The van der Waals surface area contributed by atoms with Crippen molar-refractivity contribution >= 4 is 34.2 Å². The summed E-state index contributed by atoms with van der Waals surface area (Å²) in [7, 11) is 0. The van der Waals surface area contributed by atoms with Crippen molar-refractivity contribution < 1.29 is 53.6 Å². The highest BCUT2D eigenvalue weighted by molar-refractivity contribution is 6.03. The molecule has 4 aromatic carbocycles. The number of fused-ring (bicyclic) bond motifs is 3. The number of aliphatic hydroxyl groups excluding tert-OH is 3. The van der Waals surface area contributed by atoms with Gasteiger partial charge in [-0.25, -0.2) is 0 Å². The molecule has 8 rings (SSSR count). The Hall–Kier alpha value is -5.94. The minimum atomic E-state index is -1.54. The van der Waals surface area contributed by atoms with Crippen molar-refractivity contribution in [1.82, 2.24) is 4.90 Å². The second kappa shape index (κ2) is 24.3. The number of aliphatic hydroxyl groups is 3. The summed E-state index contributed by atoms with van der Waals surface area (Å²) in [6.07, 6.45) is 13.4. The van der Waals surface area contributed by atoms with Crippen LogP contribution >= 0.6 is 0 Å². The third-order valence-electron chi connectivity index (χ3n) is 13.9. The second-order valence-corrected chi connectivity index (χ2v) is 18.3. The topological polar surface area (TPSA) is 192 Å². The Morgan fingerprint density at radius 2 is 1.69 bits per heavy atom. The summed E-state index contributed by atoms with van der Waals surface area (Å²) in [5.74, 6) is -0.969. The maximum atomic E-state index is 15.0. The smallest absolute Gasteiger partial charge is 0.269 e. The number of hydrogen-bond donors (Lipinski definition) is 3. The number of hydrogen-bond acceptors (Lipinski definition) is 13. The Labute approximate surface area is 409 Å². The Morgan fingerprint density at radius 1 is 0.914 bits per heavy atom. The van der Waals surface area contributed by atoms with Crippen LogP contribution in [-0.2, 0) is 23.8 Å². The summed E-state index contributed by atoms with van der Waals surface area (Å²) in [6, 6.07) is 25.1. The summed E-state index contributed by atoms with van der Waals surface area (Å²) < 4.78 is 33.1. The van der Waals surface area contributed by atoms with Gasteiger partial charge in [-0.15, -0.1) is 6.58 Å². The molecule has 2 heterocycles. The van der Waals surface area contributed by atoms with E-state index in [1.54, 1.807) is 29.2 Å². The van der Waals surface area contributed by atoms with Crippen molar-refractivity contribution in [3.63, 3.8) is 0 Å². The summed E-state index contributed by atoms with van der Waals surface area (Å²) >= 11 is 0. The molecule has 2 aliphatic heterocycles. The zero-order chi connectivity index (χ0) is 48.9. The zero-order valence-electron chi connectivity index (χ0n) is 39.6. The lowest BCUT2D eigenvalue weighted by molar-refractivity contribution is -0.384. The third kappa shape index (κ3) is 11.6. The minimum Gasteiger partial charge on any atom is -0.459 e. The molecule has 1 unspecified atom stereocenters. The van der Waals surface area contributed by atoms with Crippen LogP contribution in [0.25, 0.3) is 16.8 Å². The fourth-order valence-corrected chi connectivity index (χ4v) is 10.7. The van der Waals surface area contributed by atoms with Gasteiger partial charge in [0, 0.05) is 62.3 Å². The molecule has 1 saturated carbocycles. The first-order valence-electron chi connectivity index (χ1n) is 24.7. The fourth-order valence-electron chi connectivity index (χ4n) is 10.7. The van der Waals surface area contributed by atoms with Crippen molar-refractivity contribution in [3.05, 3.63) is 137 Å². The van der Waals surface area contributed by atoms with Crippen LogP contribution in [0.5, 0.6) is 17.2 Å². The van der Waals surface area contributed by atoms with Gasteiger partial charge in [0.25, 0.3) is 5.69 Å². The number of oxime groups is 1. The first-order valence-corrected chi connectivity index (χ1v) is 24.7. The molecule has 0 spiro atoms. The van der Waals surface area contributed by atoms with Gasteiger partial charge in [0.05, 0.1) is 49.6 Å². The number of benzene rings is 4. The maximum absolute atomic E-state index is 15.0. The number of nitrogens with zero attached hydrogens (tertiary/aromatic N) is 3. The molecule has 7 atom stereocenters. The van der Waals surface area contributed by atoms with Gasteiger partial charge in [-0.1, -0.05) is 60.5 Å². The van der Waals surface area contributed by atoms with E-state index in [1.807, 2.05) is 42.5 Å². The number of nitro groups is 1. The van der Waals surface area contributed by atoms with E-state index in [0.717, 1.165) is 60.4 Å². The Balaban J connectivity index is 1.30. The van der Waals surface area contributed by atoms with Gasteiger partial charge in [-0.3, -0.25) is 14.9 Å². The van der Waals surface area contributed by atoms with Crippen molar-refractivity contribution in [1.29, 1.82) is 0 Å². The second-order valence-electron chi connectivity index (χ2n) is 18.3. The van der Waals surface area contributed by atoms with E-state index < -0.39 is 34.9 Å². The molecule has 15 nitrogen and oxygen atoms in total. The van der Waals surface area contributed by atoms with Crippen LogP contribution in [0.4, 0.5) is 5.69 Å². The largest absolute Gasteiger partial charge is 0.459 e. The number of allylic oxidation sites excluding steroid dienone is 1. The summed E-state index contributed by atoms with van der Waals surface area (Å²) in [5.41, 5.74) is 2.93. The third-order valence-corrected chi connectivity index (χ3v) is 13.9. The molecule has 0 aromatic heterocycles. The molecule has 1 saturated heterocycles. The molecule has 4 aromatic rings. The monoisotopic (exact) mass is 959 g/mol. The van der Waals surface area contributed by atoms with Crippen LogP contribution < -0.4 is 9.47 Å². The van der Waals surface area contributed by atoms with E-state index in [2.05, 4.69) is 30.9 Å². The molecule has 1 amide bonds. The van der Waals surface area contributed by atoms with Crippen LogP contribution in [0.3, 0.4) is 0 Å². The summed E-state index contributed by atoms with van der Waals surface area (Å²) in [5, 5.41) is 48.3. The quantitative estimate of drug-likeness (QED) is 0.0199. The van der Waals surface area contributed by atoms with Gasteiger partial charge in [-0.05, 0) is 121 Å². The summed E-state index contributed by atoms with van der Waals surface area (Å²) in [4.78, 5) is 33.9. The fraction of sp³-hybridized carbons (Fsp3) is 0.455. The normalized spacial score (nSPS) is 24.3. The molecule has 0 radical (unpaired) electrons. The van der Waals surface area contributed by atoms with E-state index in [0.29, 0.717) is 54.4 Å². The first kappa shape index (κ1) is 50.4. The molecular weight excluding hydrogens is 895 g/mol. The molecule has 2 aliphatic carbocycles. The molecule has 372 valence electrons. The number of non-ortho nitro benzene ring substituents is 1. The number of rotatable bonds is 24. The predicted octanol–water partition coefficient (Wildman–Crippen LogP) is 9.25. The van der Waals surface area contributed by atoms with E-state index in [-0.39, 0.29) is 76.0 Å². The van der Waals surface area contributed by atoms with Crippen molar-refractivity contribution in [3.8, 4) is 17.2 Å². The van der Waals surface area contributed by atoms with Gasteiger partial charge in [0.2, 0.25) is 18.0 Å². The molecule has 2 fully saturated rings. The minimum absolute atomic E-state index is 0.0107. The molecule has 3 N–H and O–H groups in total. The van der Waals surface area contributed by atoms with Crippen LogP contribution in [0.1, 0.15) is 81.3 Å². The van der Waals surface area contributed by atoms with Crippen molar-refractivity contribution in [2.24, 2.45) is 22.9 Å². The number of amides is 1. The SMILES string of the molecule is C=CCO[C@@]12Oc3ccc(Oc4ccc5ccccc5c4)cc3[C@H]3[C@H](CCCCO)[C@@H](CCCCO)C=C(C(=NOC4CCCCO4)C[C@@H]1N(CCOCCO)C(=O)C=Cc1ccc([N+](=O)[O-])cc1)[C@H]32. The average Bonchev–Trinajstić information content (AvgIpc) is 3.38. The van der Waals surface area contributed by atoms with E-state index in [4.69, 9.17) is 33.7 Å². The lowest BCUT2D eigenvalue weighted by Crippen LogP contribution is -2.70. The standard InChI is InChI=1S/C55H65N3O12/c1-2-30-67-55-50(57(26-32-65-33-29-61)51(62)25-18-38-16-20-42(21-17-38)58(63)64)37-48(56-70-52-15-7-10-31-66-52)46-35-41(13-5-8-27-59)45(14-6-9-28-60)53(54(46)55)47-36-44(23-24-49(47)69-55)68-43-22-19-39-11-3-4-12-40(39)34-43/h2-4,11-12,16-25,34-36,41,45,50,52-54,59-61H,1,5-10,13-15,26-33,37H2/t41-,45+,50-,52?,53+,54+,55+/m0/s1. The number of carbonyl (C=O) groups is 1. The van der Waals surface area contributed by atoms with Gasteiger partial charge in [0.1, 0.15) is 23.3 Å². The number of ether oxygens (including phenoxy) is 5. The van der Waals surface area contributed by atoms with E-state index in [1.165, 1.54) is 18.2 Å². The Kier molecular flexibility index (Phi) is 17.5. The van der Waals surface area contributed by atoms with Gasteiger partial charge < -0.3 is 48.7 Å². The molecule has 0 bridgehead atoms. The first-order chi connectivity index (χ1) is 34.3. The number of nitro benzene ring substituents is 1. The maximum Gasteiger partial charge on any atom is 0.269 e. The zero-order valence-corrected chi connectivity index (χ0v) is 39.6. The Morgan fingerprint density at radius 3 is 2.43 bits per heavy atom. The van der Waals surface area contributed by atoms with Crippen molar-refractivity contribution in [2.45, 2.75) is 88.2 Å². The van der Waals surface area contributed by atoms with E-state index in [9.17, 15) is 25.4 Å². The van der Waals surface area contributed by atoms with Crippen LogP contribution in [-0.4, -0.2) is 108 Å². The van der Waals surface area contributed by atoms with Gasteiger partial charge in [0.15, 0.2) is 0 Å². The Bertz CT molecular complexity index is 2500. The lowest BCUT2D eigenvalue weighted by Gasteiger charge is -2.60. The number of unbranched alkanes of at least 4 members (excludes halogenated alkanes) is 2. The highest BCUT2D eigenvalue weighted by Gasteiger charge is 2.65. The van der Waals surface area contributed by atoms with Crippen LogP contribution in [0, 0.1) is 27.9 Å². The molecule has 70 heavy (non-hydrogen) atoms. The highest BCUT2D eigenvalue weighted by Crippen LogP contribution is 2.62. The number of carbonyl (C=O) groups excluding carboxylic acids is 1. The summed E-state index contributed by atoms with van der Waals surface area (Å²) in [6.45, 7) is 4.79. The van der Waals surface area contributed by atoms with Gasteiger partial charge >= 0.3 is 0 Å². The van der Waals surface area contributed by atoms with E-state index >= 15 is 4.79 Å². The highest BCUT2D eigenvalue weighted by atomic mass is 16.8. The lowest BCUT2D eigenvalue weighted by atomic mass is 9.55. The van der Waals surface area contributed by atoms with Crippen LogP contribution in [0.15, 0.2) is 120 Å². The van der Waals surface area contributed by atoms with Crippen molar-refractivity contribution in [2.75, 3.05) is 52.8 Å².